The highest BCUT2D eigenvalue weighted by Gasteiger charge is 2.26. The molecule has 1 fully saturated rings. The highest BCUT2D eigenvalue weighted by molar-refractivity contribution is 5.79. The number of carbonyl (C=O) groups excluding carboxylic acids is 2. The van der Waals surface area contributed by atoms with Crippen LogP contribution in [0.1, 0.15) is 30.9 Å². The minimum atomic E-state index is -0.319. The van der Waals surface area contributed by atoms with Gasteiger partial charge in [-0.3, -0.25) is 4.79 Å². The van der Waals surface area contributed by atoms with Gasteiger partial charge in [-0.25, -0.2) is 9.78 Å². The molecule has 0 N–H and O–H groups in total. The molecular weight excluding hydrogens is 358 g/mol. The summed E-state index contributed by atoms with van der Waals surface area (Å²) < 4.78 is 10.8. The van der Waals surface area contributed by atoms with E-state index in [1.807, 2.05) is 19.1 Å². The van der Waals surface area contributed by atoms with Gasteiger partial charge in [0.1, 0.15) is 5.76 Å². The summed E-state index contributed by atoms with van der Waals surface area (Å²) in [6.45, 7) is 8.05. The maximum Gasteiger partial charge on any atom is 0.409 e. The second-order valence-electron chi connectivity index (χ2n) is 6.82. The first kappa shape index (κ1) is 19.9. The zero-order chi connectivity index (χ0) is 20.1. The standard InChI is InChI=1S/C21H27N3O4/c1-4-16-6-8-17(9-7-16)20-22-18(15(3)28-20)14-19(25)23-10-12-24(13-11-23)21(26)27-5-2/h6-9H,4-5,10-14H2,1-3H3. The number of nitrogens with zero attached hydrogens (tertiary/aromatic N) is 3. The first-order chi connectivity index (χ1) is 13.5. The average molecular weight is 385 g/mol. The number of benzene rings is 1. The van der Waals surface area contributed by atoms with E-state index in [9.17, 15) is 9.59 Å². The van der Waals surface area contributed by atoms with Crippen molar-refractivity contribution < 1.29 is 18.7 Å². The number of hydrogen-bond acceptors (Lipinski definition) is 5. The Hall–Kier alpha value is -2.83. The lowest BCUT2D eigenvalue weighted by molar-refractivity contribution is -0.132. The second kappa shape index (κ2) is 8.91. The molecular formula is C21H27N3O4. The number of piperazine rings is 1. The molecule has 28 heavy (non-hydrogen) atoms. The summed E-state index contributed by atoms with van der Waals surface area (Å²) in [7, 11) is 0. The molecule has 0 atom stereocenters. The number of ether oxygens (including phenoxy) is 1. The first-order valence-electron chi connectivity index (χ1n) is 9.76. The molecule has 1 aromatic carbocycles. The van der Waals surface area contributed by atoms with Gasteiger partial charge < -0.3 is 19.0 Å². The number of rotatable bonds is 5. The Bertz CT molecular complexity index is 821. The van der Waals surface area contributed by atoms with E-state index in [4.69, 9.17) is 9.15 Å². The van der Waals surface area contributed by atoms with E-state index in [1.54, 1.807) is 16.7 Å². The quantitative estimate of drug-likeness (QED) is 0.791. The molecule has 7 nitrogen and oxygen atoms in total. The van der Waals surface area contributed by atoms with Crippen molar-refractivity contribution >= 4 is 12.0 Å². The van der Waals surface area contributed by atoms with Crippen LogP contribution < -0.4 is 0 Å². The van der Waals surface area contributed by atoms with Crippen molar-refractivity contribution in [2.24, 2.45) is 0 Å². The summed E-state index contributed by atoms with van der Waals surface area (Å²) in [5.41, 5.74) is 2.82. The van der Waals surface area contributed by atoms with Crippen LogP contribution in [0.4, 0.5) is 4.79 Å². The second-order valence-corrected chi connectivity index (χ2v) is 6.82. The number of hydrogen-bond donors (Lipinski definition) is 0. The summed E-state index contributed by atoms with van der Waals surface area (Å²) in [6, 6.07) is 8.10. The molecule has 1 aliphatic heterocycles. The van der Waals surface area contributed by atoms with Crippen LogP contribution in [0.3, 0.4) is 0 Å². The van der Waals surface area contributed by atoms with Gasteiger partial charge in [0.15, 0.2) is 0 Å². The van der Waals surface area contributed by atoms with Gasteiger partial charge in [-0.1, -0.05) is 19.1 Å². The molecule has 7 heteroatoms. The molecule has 3 rings (SSSR count). The molecule has 1 aromatic heterocycles. The Balaban J connectivity index is 1.60. The lowest BCUT2D eigenvalue weighted by atomic mass is 10.1. The maximum absolute atomic E-state index is 12.7. The lowest BCUT2D eigenvalue weighted by Gasteiger charge is -2.34. The van der Waals surface area contributed by atoms with Crippen molar-refractivity contribution in [1.82, 2.24) is 14.8 Å². The molecule has 0 saturated carbocycles. The number of aromatic nitrogens is 1. The minimum absolute atomic E-state index is 0.00668. The van der Waals surface area contributed by atoms with Gasteiger partial charge in [-0.2, -0.15) is 0 Å². The summed E-state index contributed by atoms with van der Waals surface area (Å²) in [5, 5.41) is 0. The van der Waals surface area contributed by atoms with E-state index in [0.29, 0.717) is 50.1 Å². The summed E-state index contributed by atoms with van der Waals surface area (Å²) in [4.78, 5) is 32.4. The zero-order valence-corrected chi connectivity index (χ0v) is 16.7. The van der Waals surface area contributed by atoms with Gasteiger partial charge in [-0.15, -0.1) is 0 Å². The Labute approximate surface area is 165 Å². The monoisotopic (exact) mass is 385 g/mol. The summed E-state index contributed by atoms with van der Waals surface area (Å²) >= 11 is 0. The molecule has 2 heterocycles. The van der Waals surface area contributed by atoms with Crippen LogP contribution in [-0.4, -0.2) is 59.6 Å². The third-order valence-electron chi connectivity index (χ3n) is 4.98. The molecule has 2 amide bonds. The predicted octanol–water partition coefficient (Wildman–Crippen LogP) is 3.06. The molecule has 0 spiro atoms. The normalized spacial score (nSPS) is 14.2. The van der Waals surface area contributed by atoms with Crippen LogP contribution in [0.25, 0.3) is 11.5 Å². The Morgan fingerprint density at radius 1 is 1.07 bits per heavy atom. The lowest BCUT2D eigenvalue weighted by Crippen LogP contribution is -2.51. The number of carbonyl (C=O) groups is 2. The fourth-order valence-corrected chi connectivity index (χ4v) is 3.21. The fraction of sp³-hybridized carbons (Fsp3) is 0.476. The molecule has 2 aromatic rings. The van der Waals surface area contributed by atoms with Gasteiger partial charge >= 0.3 is 6.09 Å². The third-order valence-corrected chi connectivity index (χ3v) is 4.98. The van der Waals surface area contributed by atoms with Crippen LogP contribution in [0.2, 0.25) is 0 Å². The van der Waals surface area contributed by atoms with E-state index in [0.717, 1.165) is 12.0 Å². The van der Waals surface area contributed by atoms with Crippen LogP contribution in [-0.2, 0) is 22.4 Å². The first-order valence-corrected chi connectivity index (χ1v) is 9.76. The van der Waals surface area contributed by atoms with Gasteiger partial charge in [0.2, 0.25) is 11.8 Å². The van der Waals surface area contributed by atoms with Crippen molar-refractivity contribution in [2.45, 2.75) is 33.6 Å². The summed E-state index contributed by atoms with van der Waals surface area (Å²) in [5.74, 6) is 1.19. The number of aryl methyl sites for hydroxylation is 2. The minimum Gasteiger partial charge on any atom is -0.450 e. The van der Waals surface area contributed by atoms with Crippen molar-refractivity contribution in [3.63, 3.8) is 0 Å². The Morgan fingerprint density at radius 3 is 2.32 bits per heavy atom. The SMILES string of the molecule is CCOC(=O)N1CCN(C(=O)Cc2nc(-c3ccc(CC)cc3)oc2C)CC1. The van der Waals surface area contributed by atoms with Crippen LogP contribution >= 0.6 is 0 Å². The third kappa shape index (κ3) is 4.52. The van der Waals surface area contributed by atoms with Crippen molar-refractivity contribution in [3.05, 3.63) is 41.3 Å². The molecule has 0 unspecified atom stereocenters. The van der Waals surface area contributed by atoms with Gasteiger partial charge in [0.25, 0.3) is 0 Å². The average Bonchev–Trinajstić information content (AvgIpc) is 3.08. The van der Waals surface area contributed by atoms with Crippen LogP contribution in [0, 0.1) is 6.92 Å². The van der Waals surface area contributed by atoms with Crippen LogP contribution in [0.5, 0.6) is 0 Å². The molecule has 150 valence electrons. The topological polar surface area (TPSA) is 75.9 Å². The van der Waals surface area contributed by atoms with Crippen molar-refractivity contribution in [2.75, 3.05) is 32.8 Å². The molecule has 0 bridgehead atoms. The fourth-order valence-electron chi connectivity index (χ4n) is 3.21. The highest BCUT2D eigenvalue weighted by Crippen LogP contribution is 2.23. The van der Waals surface area contributed by atoms with Crippen molar-refractivity contribution in [1.29, 1.82) is 0 Å². The van der Waals surface area contributed by atoms with Crippen molar-refractivity contribution in [3.8, 4) is 11.5 Å². The highest BCUT2D eigenvalue weighted by atomic mass is 16.6. The van der Waals surface area contributed by atoms with Crippen LogP contribution in [0.15, 0.2) is 28.7 Å². The molecule has 1 aliphatic rings. The van der Waals surface area contributed by atoms with E-state index in [-0.39, 0.29) is 18.4 Å². The largest absolute Gasteiger partial charge is 0.450 e. The number of amides is 2. The molecule has 0 aliphatic carbocycles. The number of oxazole rings is 1. The van der Waals surface area contributed by atoms with E-state index in [1.165, 1.54) is 5.56 Å². The Kier molecular flexibility index (Phi) is 6.34. The Morgan fingerprint density at radius 2 is 1.71 bits per heavy atom. The van der Waals surface area contributed by atoms with Gasteiger partial charge in [0, 0.05) is 31.7 Å². The molecule has 0 radical (unpaired) electrons. The molecule has 1 saturated heterocycles. The van der Waals surface area contributed by atoms with E-state index in [2.05, 4.69) is 24.0 Å². The summed E-state index contributed by atoms with van der Waals surface area (Å²) in [6.07, 6.45) is 0.858. The maximum atomic E-state index is 12.7. The smallest absolute Gasteiger partial charge is 0.409 e. The predicted molar refractivity (Wildman–Crippen MR) is 105 cm³/mol. The van der Waals surface area contributed by atoms with Gasteiger partial charge in [-0.05, 0) is 38.0 Å². The van der Waals surface area contributed by atoms with Gasteiger partial charge in [0.05, 0.1) is 18.7 Å². The van der Waals surface area contributed by atoms with E-state index < -0.39 is 0 Å². The zero-order valence-electron chi connectivity index (χ0n) is 16.7. The van der Waals surface area contributed by atoms with E-state index >= 15 is 0 Å².